The van der Waals surface area contributed by atoms with E-state index >= 15 is 0 Å². The van der Waals surface area contributed by atoms with Gasteiger partial charge >= 0.3 is 0 Å². The van der Waals surface area contributed by atoms with Gasteiger partial charge in [0.1, 0.15) is 11.5 Å². The van der Waals surface area contributed by atoms with Crippen molar-refractivity contribution in [3.63, 3.8) is 0 Å². The Morgan fingerprint density at radius 2 is 1.89 bits per heavy atom. The van der Waals surface area contributed by atoms with Gasteiger partial charge in [0.25, 0.3) is 0 Å². The molecule has 3 rings (SSSR count). The van der Waals surface area contributed by atoms with Gasteiger partial charge in [0.2, 0.25) is 0 Å². The molecule has 0 atom stereocenters. The molecule has 0 fully saturated rings. The van der Waals surface area contributed by atoms with E-state index in [2.05, 4.69) is 23.0 Å². The van der Waals surface area contributed by atoms with E-state index in [4.69, 9.17) is 9.47 Å². The largest absolute Gasteiger partial charge is 0.495 e. The fraction of sp³-hybridized carbons (Fsp3) is 0.267. The van der Waals surface area contributed by atoms with Crippen molar-refractivity contribution in [1.29, 1.82) is 0 Å². The van der Waals surface area contributed by atoms with Gasteiger partial charge in [-0.05, 0) is 12.5 Å². The minimum absolute atomic E-state index is 0.784. The van der Waals surface area contributed by atoms with Gasteiger partial charge in [0.05, 0.1) is 42.5 Å². The monoisotopic (exact) mass is 256 g/mol. The quantitative estimate of drug-likeness (QED) is 0.782. The van der Waals surface area contributed by atoms with Crippen LogP contribution in [-0.4, -0.2) is 24.2 Å². The van der Waals surface area contributed by atoms with Gasteiger partial charge in [0.15, 0.2) is 0 Å². The van der Waals surface area contributed by atoms with E-state index in [-0.39, 0.29) is 0 Å². The normalized spacial score (nSPS) is 11.1. The number of hydrogen-bond acceptors (Lipinski definition) is 3. The van der Waals surface area contributed by atoms with E-state index in [1.54, 1.807) is 20.4 Å². The summed E-state index contributed by atoms with van der Waals surface area (Å²) in [5.74, 6) is 1.62. The van der Waals surface area contributed by atoms with E-state index in [1.807, 2.05) is 12.1 Å². The lowest BCUT2D eigenvalue weighted by atomic mass is 10.1. The van der Waals surface area contributed by atoms with Crippen molar-refractivity contribution >= 4 is 21.8 Å². The zero-order valence-corrected chi connectivity index (χ0v) is 11.3. The van der Waals surface area contributed by atoms with Gasteiger partial charge in [-0.3, -0.25) is 4.98 Å². The first-order valence-corrected chi connectivity index (χ1v) is 6.30. The van der Waals surface area contributed by atoms with Crippen molar-refractivity contribution < 1.29 is 9.47 Å². The van der Waals surface area contributed by atoms with Crippen molar-refractivity contribution in [2.45, 2.75) is 13.3 Å². The number of aromatic nitrogens is 2. The molecular formula is C15H16N2O2. The Balaban J connectivity index is 2.51. The molecule has 4 nitrogen and oxygen atoms in total. The molecule has 1 aromatic carbocycles. The molecule has 0 saturated carbocycles. The number of fused-ring (bicyclic) bond motifs is 3. The number of methoxy groups -OCH3 is 2. The lowest BCUT2D eigenvalue weighted by Gasteiger charge is -2.04. The molecule has 0 aliphatic carbocycles. The van der Waals surface area contributed by atoms with E-state index < -0.39 is 0 Å². The topological polar surface area (TPSA) is 47.1 Å². The van der Waals surface area contributed by atoms with Gasteiger partial charge in [-0.1, -0.05) is 19.1 Å². The third-order valence-corrected chi connectivity index (χ3v) is 3.44. The Kier molecular flexibility index (Phi) is 2.78. The first kappa shape index (κ1) is 11.8. The number of benzene rings is 1. The van der Waals surface area contributed by atoms with Crippen LogP contribution < -0.4 is 9.47 Å². The van der Waals surface area contributed by atoms with Gasteiger partial charge in [0, 0.05) is 5.39 Å². The number of ether oxygens (including phenoxy) is 2. The highest BCUT2D eigenvalue weighted by Crippen LogP contribution is 2.37. The third kappa shape index (κ3) is 1.63. The fourth-order valence-electron chi connectivity index (χ4n) is 2.52. The highest BCUT2D eigenvalue weighted by atomic mass is 16.5. The molecule has 19 heavy (non-hydrogen) atoms. The summed E-state index contributed by atoms with van der Waals surface area (Å²) in [6.45, 7) is 2.09. The van der Waals surface area contributed by atoms with E-state index in [9.17, 15) is 0 Å². The van der Waals surface area contributed by atoms with Crippen LogP contribution in [0.2, 0.25) is 0 Å². The highest BCUT2D eigenvalue weighted by molar-refractivity contribution is 6.12. The molecule has 0 saturated heterocycles. The molecule has 1 N–H and O–H groups in total. The minimum Gasteiger partial charge on any atom is -0.495 e. The lowest BCUT2D eigenvalue weighted by molar-refractivity contribution is 0.418. The standard InChI is InChI=1S/C15H16N2O2/c1-4-10-15-13(12(19-3)8-16-10)9-6-5-7-11(18-2)14(9)17-15/h5-8,17H,4H2,1-3H3. The van der Waals surface area contributed by atoms with Gasteiger partial charge < -0.3 is 14.5 Å². The summed E-state index contributed by atoms with van der Waals surface area (Å²) in [5.41, 5.74) is 3.05. The van der Waals surface area contributed by atoms with Crippen molar-refractivity contribution in [1.82, 2.24) is 9.97 Å². The lowest BCUT2D eigenvalue weighted by Crippen LogP contribution is -1.92. The Hall–Kier alpha value is -2.23. The molecule has 4 heteroatoms. The maximum Gasteiger partial charge on any atom is 0.147 e. The maximum absolute atomic E-state index is 5.44. The number of aromatic amines is 1. The molecule has 0 unspecified atom stereocenters. The third-order valence-electron chi connectivity index (χ3n) is 3.44. The summed E-state index contributed by atoms with van der Waals surface area (Å²) < 4.78 is 10.9. The fourth-order valence-corrected chi connectivity index (χ4v) is 2.52. The van der Waals surface area contributed by atoms with Crippen LogP contribution in [0.5, 0.6) is 11.5 Å². The van der Waals surface area contributed by atoms with Crippen molar-refractivity contribution in [3.8, 4) is 11.5 Å². The van der Waals surface area contributed by atoms with Crippen LogP contribution in [0, 0.1) is 0 Å². The highest BCUT2D eigenvalue weighted by Gasteiger charge is 2.15. The molecule has 0 radical (unpaired) electrons. The van der Waals surface area contributed by atoms with Crippen LogP contribution in [0.4, 0.5) is 0 Å². The number of pyridine rings is 1. The predicted molar refractivity (Wildman–Crippen MR) is 76.1 cm³/mol. The number of nitrogens with zero attached hydrogens (tertiary/aromatic N) is 1. The summed E-state index contributed by atoms with van der Waals surface area (Å²) >= 11 is 0. The molecule has 0 bridgehead atoms. The Labute approximate surface area is 111 Å². The number of hydrogen-bond donors (Lipinski definition) is 1. The van der Waals surface area contributed by atoms with Crippen molar-refractivity contribution in [3.05, 3.63) is 30.1 Å². The molecule has 0 amide bonds. The molecule has 2 heterocycles. The van der Waals surface area contributed by atoms with Gasteiger partial charge in [-0.25, -0.2) is 0 Å². The second kappa shape index (κ2) is 4.46. The summed E-state index contributed by atoms with van der Waals surface area (Å²) in [4.78, 5) is 7.87. The number of nitrogens with one attached hydrogen (secondary N) is 1. The Bertz CT molecular complexity index is 747. The number of aryl methyl sites for hydroxylation is 1. The average Bonchev–Trinajstić information content (AvgIpc) is 2.85. The van der Waals surface area contributed by atoms with E-state index in [0.29, 0.717) is 0 Å². The maximum atomic E-state index is 5.44. The molecule has 0 aliphatic rings. The minimum atomic E-state index is 0.784. The number of rotatable bonds is 3. The van der Waals surface area contributed by atoms with Gasteiger partial charge in [-0.15, -0.1) is 0 Å². The number of para-hydroxylation sites is 1. The predicted octanol–water partition coefficient (Wildman–Crippen LogP) is 3.30. The number of H-pyrrole nitrogens is 1. The zero-order valence-electron chi connectivity index (χ0n) is 11.3. The van der Waals surface area contributed by atoms with Crippen molar-refractivity contribution in [2.24, 2.45) is 0 Å². The molecular weight excluding hydrogens is 240 g/mol. The zero-order chi connectivity index (χ0) is 13.4. The van der Waals surface area contributed by atoms with Gasteiger partial charge in [-0.2, -0.15) is 0 Å². The molecule has 3 aromatic rings. The molecule has 0 spiro atoms. The second-order valence-electron chi connectivity index (χ2n) is 4.38. The molecule has 98 valence electrons. The van der Waals surface area contributed by atoms with Crippen LogP contribution in [0.15, 0.2) is 24.4 Å². The van der Waals surface area contributed by atoms with Crippen molar-refractivity contribution in [2.75, 3.05) is 14.2 Å². The summed E-state index contributed by atoms with van der Waals surface area (Å²) in [6.07, 6.45) is 2.66. The van der Waals surface area contributed by atoms with E-state index in [0.717, 1.165) is 45.4 Å². The van der Waals surface area contributed by atoms with E-state index in [1.165, 1.54) is 0 Å². The Morgan fingerprint density at radius 3 is 2.58 bits per heavy atom. The van der Waals surface area contributed by atoms with Crippen LogP contribution in [0.25, 0.3) is 21.8 Å². The SMILES string of the molecule is CCc1ncc(OC)c2c1[nH]c1c(OC)cccc12. The van der Waals surface area contributed by atoms with Crippen LogP contribution in [-0.2, 0) is 6.42 Å². The molecule has 2 aromatic heterocycles. The summed E-state index contributed by atoms with van der Waals surface area (Å²) in [5, 5.41) is 2.17. The van der Waals surface area contributed by atoms with Crippen LogP contribution in [0.3, 0.4) is 0 Å². The Morgan fingerprint density at radius 1 is 1.11 bits per heavy atom. The average molecular weight is 256 g/mol. The summed E-state index contributed by atoms with van der Waals surface area (Å²) in [6, 6.07) is 6.00. The smallest absolute Gasteiger partial charge is 0.147 e. The first-order chi connectivity index (χ1) is 9.30. The molecule has 0 aliphatic heterocycles. The van der Waals surface area contributed by atoms with Crippen LogP contribution in [0.1, 0.15) is 12.6 Å². The first-order valence-electron chi connectivity index (χ1n) is 6.30. The summed E-state index contributed by atoms with van der Waals surface area (Å²) in [7, 11) is 3.34. The van der Waals surface area contributed by atoms with Crippen LogP contribution >= 0.6 is 0 Å². The second-order valence-corrected chi connectivity index (χ2v) is 4.38.